The van der Waals surface area contributed by atoms with Crippen LogP contribution in [0.1, 0.15) is 0 Å². The van der Waals surface area contributed by atoms with Crippen LogP contribution in [-0.2, 0) is 0 Å². The standard InChI is InChI=1S/C14H10FN3O2.3CH3.Ce/c15-8-5-6-10-12(7-8)18(14(19)20)17-13(10)9-3-1-2-4-11(9)16;;;;/h1-7H,16H2,(H,19,20);3*1H3;/q;3*-1;+3. The van der Waals surface area contributed by atoms with E-state index in [2.05, 4.69) is 5.10 Å². The van der Waals surface area contributed by atoms with Crippen molar-refractivity contribution in [3.63, 3.8) is 0 Å². The van der Waals surface area contributed by atoms with Gasteiger partial charge >= 0.3 is 47.8 Å². The van der Waals surface area contributed by atoms with E-state index in [1.54, 1.807) is 24.3 Å². The van der Waals surface area contributed by atoms with E-state index in [0.29, 0.717) is 22.3 Å². The van der Waals surface area contributed by atoms with Crippen LogP contribution < -0.4 is 5.73 Å². The number of carbonyl (C=O) groups is 1. The number of rotatable bonds is 1. The summed E-state index contributed by atoms with van der Waals surface area (Å²) in [4.78, 5) is 11.2. The topological polar surface area (TPSA) is 81.1 Å². The number of benzene rings is 2. The fraction of sp³-hybridized carbons (Fsp3) is 0. The molecular weight excluding hydrogens is 437 g/mol. The first-order valence-electron chi connectivity index (χ1n) is 5.84. The number of carboxylic acid groups (broad SMARTS) is 1. The number of hydrogen-bond donors (Lipinski definition) is 2. The van der Waals surface area contributed by atoms with Crippen molar-refractivity contribution >= 4 is 22.7 Å². The molecule has 0 bridgehead atoms. The molecule has 0 amide bonds. The van der Waals surface area contributed by atoms with Crippen LogP contribution in [0.3, 0.4) is 0 Å². The quantitative estimate of drug-likeness (QED) is 0.423. The molecule has 1 aromatic heterocycles. The number of nitrogens with two attached hydrogens (primary N) is 1. The molecule has 3 N–H and O–H groups in total. The van der Waals surface area contributed by atoms with E-state index < -0.39 is 11.9 Å². The van der Waals surface area contributed by atoms with Crippen LogP contribution in [0.5, 0.6) is 0 Å². The fourth-order valence-corrected chi connectivity index (χ4v) is 2.15. The first-order chi connectivity index (χ1) is 9.58. The largest absolute Gasteiger partial charge is 3.00 e. The number of para-hydroxylation sites is 1. The zero-order valence-corrected chi connectivity index (χ0v) is 16.9. The van der Waals surface area contributed by atoms with Gasteiger partial charge in [-0.25, -0.2) is 9.18 Å². The van der Waals surface area contributed by atoms with Crippen molar-refractivity contribution in [3.8, 4) is 11.3 Å². The Kier molecular flexibility index (Phi) is 10.00. The molecule has 0 saturated carbocycles. The molecule has 3 rings (SSSR count). The van der Waals surface area contributed by atoms with Crippen molar-refractivity contribution in [1.82, 2.24) is 9.78 Å². The van der Waals surface area contributed by atoms with E-state index in [4.69, 9.17) is 10.8 Å². The minimum absolute atomic E-state index is 0. The van der Waals surface area contributed by atoms with Gasteiger partial charge in [0.25, 0.3) is 0 Å². The Labute approximate surface area is 175 Å². The van der Waals surface area contributed by atoms with Crippen molar-refractivity contribution in [1.29, 1.82) is 0 Å². The number of nitrogen functional groups attached to an aromatic ring is 1. The van der Waals surface area contributed by atoms with Gasteiger partial charge in [0.1, 0.15) is 11.5 Å². The Balaban J connectivity index is 0. The number of anilines is 1. The first-order valence-corrected chi connectivity index (χ1v) is 5.84. The summed E-state index contributed by atoms with van der Waals surface area (Å²) in [6, 6.07) is 10.9. The molecule has 3 aromatic rings. The van der Waals surface area contributed by atoms with Crippen molar-refractivity contribution in [3.05, 3.63) is 70.6 Å². The van der Waals surface area contributed by atoms with Gasteiger partial charge in [0.15, 0.2) is 0 Å². The molecule has 5 nitrogen and oxygen atoms in total. The van der Waals surface area contributed by atoms with Crippen LogP contribution in [0.4, 0.5) is 14.9 Å². The van der Waals surface area contributed by atoms with Crippen LogP contribution >= 0.6 is 0 Å². The summed E-state index contributed by atoms with van der Waals surface area (Å²) in [6.45, 7) is 0. The minimum Gasteiger partial charge on any atom is -0.463 e. The smallest absolute Gasteiger partial charge is 0.463 e. The summed E-state index contributed by atoms with van der Waals surface area (Å²) in [7, 11) is 0. The van der Waals surface area contributed by atoms with Crippen LogP contribution in [0, 0.1) is 69.8 Å². The molecule has 0 saturated heterocycles. The van der Waals surface area contributed by atoms with Gasteiger partial charge in [-0.2, -0.15) is 9.78 Å². The monoisotopic (exact) mass is 456 g/mol. The second-order valence-electron chi connectivity index (χ2n) is 4.29. The van der Waals surface area contributed by atoms with Crippen molar-refractivity contribution in [2.45, 2.75) is 0 Å². The molecule has 0 fully saturated rings. The second-order valence-corrected chi connectivity index (χ2v) is 4.29. The van der Waals surface area contributed by atoms with Gasteiger partial charge in [0.2, 0.25) is 0 Å². The SMILES string of the molecule is Nc1ccccc1-c1nn(C(=O)O)c2cc(F)ccc12.[CH3-].[CH3-].[CH3-].[Ce+3]. The molecule has 0 aliphatic heterocycles. The maximum absolute atomic E-state index is 13.3. The van der Waals surface area contributed by atoms with Gasteiger partial charge in [0.05, 0.1) is 5.52 Å². The van der Waals surface area contributed by atoms with Gasteiger partial charge in [-0.05, 0) is 18.2 Å². The van der Waals surface area contributed by atoms with Crippen molar-refractivity contribution < 1.29 is 56.0 Å². The van der Waals surface area contributed by atoms with E-state index in [1.807, 2.05) is 0 Å². The van der Waals surface area contributed by atoms with Crippen LogP contribution in [0.15, 0.2) is 42.5 Å². The second kappa shape index (κ2) is 9.70. The predicted molar refractivity (Wildman–Crippen MR) is 92.2 cm³/mol. The van der Waals surface area contributed by atoms with Crippen LogP contribution in [0.2, 0.25) is 0 Å². The Morgan fingerprint density at radius 2 is 1.75 bits per heavy atom. The first kappa shape index (κ1) is 24.7. The summed E-state index contributed by atoms with van der Waals surface area (Å²) in [5.74, 6) is -0.521. The molecular formula is C17H19CeFN3O2. The van der Waals surface area contributed by atoms with E-state index in [0.717, 1.165) is 10.7 Å². The third kappa shape index (κ3) is 4.31. The molecule has 0 unspecified atom stereocenters. The summed E-state index contributed by atoms with van der Waals surface area (Å²) >= 11 is 0. The molecule has 125 valence electrons. The molecule has 1 radical (unpaired) electrons. The van der Waals surface area contributed by atoms with E-state index in [9.17, 15) is 9.18 Å². The van der Waals surface area contributed by atoms with E-state index in [-0.39, 0.29) is 69.5 Å². The summed E-state index contributed by atoms with van der Waals surface area (Å²) in [6.07, 6.45) is -1.28. The number of fused-ring (bicyclic) bond motifs is 1. The Morgan fingerprint density at radius 1 is 1.12 bits per heavy atom. The van der Waals surface area contributed by atoms with Crippen LogP contribution in [-0.4, -0.2) is 21.0 Å². The molecule has 7 heteroatoms. The molecule has 2 aromatic carbocycles. The van der Waals surface area contributed by atoms with Crippen molar-refractivity contribution in [2.75, 3.05) is 5.73 Å². The van der Waals surface area contributed by atoms with E-state index >= 15 is 0 Å². The molecule has 24 heavy (non-hydrogen) atoms. The maximum atomic E-state index is 13.3. The summed E-state index contributed by atoms with van der Waals surface area (Å²) in [5, 5.41) is 13.7. The fourth-order valence-electron chi connectivity index (χ4n) is 2.15. The van der Waals surface area contributed by atoms with Gasteiger partial charge in [-0.1, -0.05) is 18.2 Å². The number of hydrogen-bond acceptors (Lipinski definition) is 3. The third-order valence-corrected chi connectivity index (χ3v) is 3.04. The molecule has 0 atom stereocenters. The number of aromatic nitrogens is 2. The van der Waals surface area contributed by atoms with Gasteiger partial charge in [0, 0.05) is 22.7 Å². The maximum Gasteiger partial charge on any atom is 3.00 e. The molecule has 0 aliphatic rings. The Bertz CT molecular complexity index is 834. The normalized spacial score (nSPS) is 9.04. The van der Waals surface area contributed by atoms with E-state index in [1.165, 1.54) is 12.1 Å². The number of nitrogens with zero attached hydrogens (tertiary/aromatic N) is 2. The summed E-state index contributed by atoms with van der Waals surface area (Å²) < 4.78 is 14.1. The van der Waals surface area contributed by atoms with Crippen LogP contribution in [0.25, 0.3) is 22.2 Å². The van der Waals surface area contributed by atoms with Gasteiger partial charge in [-0.15, -0.1) is 0 Å². The molecule has 0 aliphatic carbocycles. The zero-order chi connectivity index (χ0) is 14.3. The molecule has 1 heterocycles. The van der Waals surface area contributed by atoms with Gasteiger partial charge < -0.3 is 33.1 Å². The van der Waals surface area contributed by atoms with Gasteiger partial charge in [-0.3, -0.25) is 0 Å². The molecule has 0 spiro atoms. The minimum atomic E-state index is -1.28. The third-order valence-electron chi connectivity index (χ3n) is 3.04. The average Bonchev–Trinajstić information content (AvgIpc) is 2.78. The predicted octanol–water partition coefficient (Wildman–Crippen LogP) is 4.30. The average molecular weight is 456 g/mol. The van der Waals surface area contributed by atoms with Crippen molar-refractivity contribution in [2.24, 2.45) is 0 Å². The summed E-state index contributed by atoms with van der Waals surface area (Å²) in [5.41, 5.74) is 7.59. The Morgan fingerprint density at radius 3 is 2.33 bits per heavy atom. The zero-order valence-electron chi connectivity index (χ0n) is 13.7. The Hall–Kier alpha value is -1.51. The number of halogens is 1.